The zero-order chi connectivity index (χ0) is 6.97. The van der Waals surface area contributed by atoms with E-state index in [0.29, 0.717) is 11.4 Å². The Balaban J connectivity index is 1.96. The predicted octanol–water partition coefficient (Wildman–Crippen LogP) is 1.25. The molecule has 2 aliphatic heterocycles. The highest BCUT2D eigenvalue weighted by atomic mass is 32.2. The van der Waals surface area contributed by atoms with Crippen LogP contribution >= 0.6 is 11.8 Å². The van der Waals surface area contributed by atoms with Gasteiger partial charge in [0, 0.05) is 6.20 Å². The molecule has 0 saturated carbocycles. The Bertz CT molecular complexity index is 156. The van der Waals surface area contributed by atoms with E-state index in [1.165, 1.54) is 0 Å². The van der Waals surface area contributed by atoms with Gasteiger partial charge in [0.15, 0.2) is 0 Å². The molecule has 10 heavy (non-hydrogen) atoms. The minimum atomic E-state index is 0.619. The van der Waals surface area contributed by atoms with Crippen molar-refractivity contribution in [3.05, 3.63) is 11.6 Å². The van der Waals surface area contributed by atoms with Crippen LogP contribution in [0.15, 0.2) is 11.6 Å². The van der Waals surface area contributed by atoms with Gasteiger partial charge < -0.3 is 9.64 Å². The maximum absolute atomic E-state index is 5.11. The maximum Gasteiger partial charge on any atom is 0.0763 e. The molecular weight excluding hydrogens is 146 g/mol. The van der Waals surface area contributed by atoms with E-state index in [4.69, 9.17) is 4.74 Å². The minimum Gasteiger partial charge on any atom is -0.377 e. The SMILES string of the molecule is CC1SC=CN1C1COC1. The quantitative estimate of drug-likeness (QED) is 0.568. The van der Waals surface area contributed by atoms with Gasteiger partial charge in [-0.3, -0.25) is 0 Å². The van der Waals surface area contributed by atoms with Gasteiger partial charge in [0.05, 0.1) is 24.6 Å². The van der Waals surface area contributed by atoms with Crippen LogP contribution in [0, 0.1) is 0 Å². The summed E-state index contributed by atoms with van der Waals surface area (Å²) in [7, 11) is 0. The van der Waals surface area contributed by atoms with Gasteiger partial charge in [-0.05, 0) is 12.3 Å². The van der Waals surface area contributed by atoms with E-state index in [-0.39, 0.29) is 0 Å². The molecule has 0 aromatic carbocycles. The van der Waals surface area contributed by atoms with Gasteiger partial charge in [-0.15, -0.1) is 11.8 Å². The van der Waals surface area contributed by atoms with E-state index in [0.717, 1.165) is 13.2 Å². The molecule has 0 radical (unpaired) electrons. The monoisotopic (exact) mass is 157 g/mol. The number of hydrogen-bond donors (Lipinski definition) is 0. The van der Waals surface area contributed by atoms with Gasteiger partial charge in [-0.25, -0.2) is 0 Å². The smallest absolute Gasteiger partial charge is 0.0763 e. The molecule has 56 valence electrons. The lowest BCUT2D eigenvalue weighted by Crippen LogP contribution is -2.47. The Morgan fingerprint density at radius 2 is 2.40 bits per heavy atom. The molecule has 1 fully saturated rings. The first kappa shape index (κ1) is 6.55. The minimum absolute atomic E-state index is 0.619. The van der Waals surface area contributed by atoms with Gasteiger partial charge in [0.1, 0.15) is 0 Å². The highest BCUT2D eigenvalue weighted by molar-refractivity contribution is 8.02. The number of rotatable bonds is 1. The first-order chi connectivity index (χ1) is 4.88. The zero-order valence-corrected chi connectivity index (χ0v) is 6.80. The molecule has 0 N–H and O–H groups in total. The van der Waals surface area contributed by atoms with Gasteiger partial charge in [0.25, 0.3) is 0 Å². The summed E-state index contributed by atoms with van der Waals surface area (Å²) in [5.41, 5.74) is 0. The fourth-order valence-electron chi connectivity index (χ4n) is 1.22. The zero-order valence-electron chi connectivity index (χ0n) is 5.99. The highest BCUT2D eigenvalue weighted by Crippen LogP contribution is 2.28. The Hall–Kier alpha value is -0.150. The van der Waals surface area contributed by atoms with Crippen LogP contribution in [0.25, 0.3) is 0 Å². The largest absolute Gasteiger partial charge is 0.377 e. The van der Waals surface area contributed by atoms with E-state index in [1.807, 2.05) is 11.8 Å². The average molecular weight is 157 g/mol. The predicted molar refractivity (Wildman–Crippen MR) is 42.6 cm³/mol. The standard InChI is InChI=1S/C7H11NOS/c1-6-8(2-3-10-6)7-4-9-5-7/h2-3,6-7H,4-5H2,1H3. The Labute approximate surface area is 65.2 Å². The topological polar surface area (TPSA) is 12.5 Å². The lowest BCUT2D eigenvalue weighted by molar-refractivity contribution is -0.0494. The van der Waals surface area contributed by atoms with Crippen molar-refractivity contribution in [3.63, 3.8) is 0 Å². The van der Waals surface area contributed by atoms with Crippen LogP contribution in [0.5, 0.6) is 0 Å². The summed E-state index contributed by atoms with van der Waals surface area (Å²) in [6.07, 6.45) is 2.17. The van der Waals surface area contributed by atoms with Crippen molar-refractivity contribution in [2.24, 2.45) is 0 Å². The first-order valence-electron chi connectivity index (χ1n) is 3.55. The van der Waals surface area contributed by atoms with Crippen LogP contribution in [0.4, 0.5) is 0 Å². The highest BCUT2D eigenvalue weighted by Gasteiger charge is 2.28. The Kier molecular flexibility index (Phi) is 1.62. The maximum atomic E-state index is 5.11. The van der Waals surface area contributed by atoms with Gasteiger partial charge >= 0.3 is 0 Å². The third-order valence-corrected chi connectivity index (χ3v) is 2.89. The van der Waals surface area contributed by atoms with Gasteiger partial charge in [-0.2, -0.15) is 0 Å². The number of hydrogen-bond acceptors (Lipinski definition) is 3. The van der Waals surface area contributed by atoms with Crippen LogP contribution in [-0.4, -0.2) is 29.5 Å². The van der Waals surface area contributed by atoms with Crippen molar-refractivity contribution in [2.45, 2.75) is 18.3 Å². The number of ether oxygens (including phenoxy) is 1. The van der Waals surface area contributed by atoms with E-state index < -0.39 is 0 Å². The van der Waals surface area contributed by atoms with Crippen molar-refractivity contribution in [1.82, 2.24) is 4.90 Å². The second-order valence-corrected chi connectivity index (χ2v) is 3.89. The molecule has 2 rings (SSSR count). The van der Waals surface area contributed by atoms with Crippen LogP contribution in [0.1, 0.15) is 6.92 Å². The molecule has 0 aliphatic carbocycles. The lowest BCUT2D eigenvalue weighted by atomic mass is 10.2. The second kappa shape index (κ2) is 2.47. The summed E-state index contributed by atoms with van der Waals surface area (Å²) in [5, 5.41) is 2.78. The summed E-state index contributed by atoms with van der Waals surface area (Å²) in [6, 6.07) is 0.654. The molecule has 3 heteroatoms. The first-order valence-corrected chi connectivity index (χ1v) is 4.49. The van der Waals surface area contributed by atoms with Crippen LogP contribution in [0.2, 0.25) is 0 Å². The van der Waals surface area contributed by atoms with Crippen LogP contribution in [-0.2, 0) is 4.74 Å². The fourth-order valence-corrected chi connectivity index (χ4v) is 2.05. The fraction of sp³-hybridized carbons (Fsp3) is 0.714. The number of nitrogens with zero attached hydrogens (tertiary/aromatic N) is 1. The summed E-state index contributed by atoms with van der Waals surface area (Å²) in [5.74, 6) is 0. The van der Waals surface area contributed by atoms with E-state index in [1.54, 1.807) is 0 Å². The Morgan fingerprint density at radius 1 is 1.60 bits per heavy atom. The van der Waals surface area contributed by atoms with E-state index in [2.05, 4.69) is 23.4 Å². The van der Waals surface area contributed by atoms with Crippen LogP contribution in [0.3, 0.4) is 0 Å². The van der Waals surface area contributed by atoms with E-state index >= 15 is 0 Å². The van der Waals surface area contributed by atoms with Gasteiger partial charge in [0.2, 0.25) is 0 Å². The van der Waals surface area contributed by atoms with Crippen molar-refractivity contribution < 1.29 is 4.74 Å². The number of thioether (sulfide) groups is 1. The van der Waals surface area contributed by atoms with Crippen molar-refractivity contribution in [2.75, 3.05) is 13.2 Å². The molecular formula is C7H11NOS. The Morgan fingerprint density at radius 3 is 2.80 bits per heavy atom. The average Bonchev–Trinajstić information content (AvgIpc) is 2.12. The summed E-state index contributed by atoms with van der Waals surface area (Å²) in [4.78, 5) is 2.37. The molecule has 2 heterocycles. The molecule has 0 spiro atoms. The molecule has 0 aromatic rings. The second-order valence-electron chi connectivity index (χ2n) is 2.66. The van der Waals surface area contributed by atoms with Gasteiger partial charge in [-0.1, -0.05) is 0 Å². The molecule has 0 aromatic heterocycles. The summed E-state index contributed by atoms with van der Waals surface area (Å²) < 4.78 is 5.11. The normalized spacial score (nSPS) is 32.9. The van der Waals surface area contributed by atoms with Crippen LogP contribution < -0.4 is 0 Å². The molecule has 2 nitrogen and oxygen atoms in total. The molecule has 1 unspecified atom stereocenters. The molecule has 2 aliphatic rings. The van der Waals surface area contributed by atoms with Crippen molar-refractivity contribution in [3.8, 4) is 0 Å². The lowest BCUT2D eigenvalue weighted by Gasteiger charge is -2.37. The molecule has 0 amide bonds. The third-order valence-electron chi connectivity index (χ3n) is 1.97. The van der Waals surface area contributed by atoms with Crippen molar-refractivity contribution in [1.29, 1.82) is 0 Å². The van der Waals surface area contributed by atoms with E-state index in [9.17, 15) is 0 Å². The molecule has 1 atom stereocenters. The summed E-state index contributed by atoms with van der Waals surface area (Å²) in [6.45, 7) is 4.05. The molecule has 0 bridgehead atoms. The third kappa shape index (κ3) is 0.935. The molecule has 1 saturated heterocycles. The summed E-state index contributed by atoms with van der Waals surface area (Å²) >= 11 is 1.87. The van der Waals surface area contributed by atoms with Crippen molar-refractivity contribution >= 4 is 11.8 Å².